The lowest BCUT2D eigenvalue weighted by Gasteiger charge is -2.24. The minimum Gasteiger partial charge on any atom is -0.487 e. The molecule has 0 aliphatic carbocycles. The first kappa shape index (κ1) is 17.1. The highest BCUT2D eigenvalue weighted by Crippen LogP contribution is 2.36. The van der Waals surface area contributed by atoms with E-state index in [0.717, 1.165) is 25.0 Å². The van der Waals surface area contributed by atoms with Gasteiger partial charge in [0.25, 0.3) is 0 Å². The van der Waals surface area contributed by atoms with Crippen LogP contribution in [0.4, 0.5) is 0 Å². The summed E-state index contributed by atoms with van der Waals surface area (Å²) in [6.45, 7) is 13.1. The zero-order valence-electron chi connectivity index (χ0n) is 13.9. The van der Waals surface area contributed by atoms with Gasteiger partial charge >= 0.3 is 0 Å². The molecular formula is C17H30O3. The van der Waals surface area contributed by atoms with E-state index in [0.29, 0.717) is 30.6 Å². The minimum atomic E-state index is -0.719. The summed E-state index contributed by atoms with van der Waals surface area (Å²) < 4.78 is 11.7. The summed E-state index contributed by atoms with van der Waals surface area (Å²) in [4.78, 5) is 12.6. The van der Waals surface area contributed by atoms with Crippen LogP contribution in [-0.2, 0) is 14.3 Å². The second-order valence-electron chi connectivity index (χ2n) is 6.73. The summed E-state index contributed by atoms with van der Waals surface area (Å²) >= 11 is 0. The second-order valence-corrected chi connectivity index (χ2v) is 6.73. The van der Waals surface area contributed by atoms with Gasteiger partial charge in [0.15, 0.2) is 5.60 Å². The van der Waals surface area contributed by atoms with Gasteiger partial charge in [0, 0.05) is 6.42 Å². The third kappa shape index (κ3) is 4.26. The molecule has 0 fully saturated rings. The van der Waals surface area contributed by atoms with Crippen molar-refractivity contribution >= 4 is 5.78 Å². The van der Waals surface area contributed by atoms with E-state index in [4.69, 9.17) is 9.47 Å². The van der Waals surface area contributed by atoms with Gasteiger partial charge in [0.1, 0.15) is 5.76 Å². The van der Waals surface area contributed by atoms with Crippen LogP contribution in [0.5, 0.6) is 0 Å². The average Bonchev–Trinajstić information content (AvgIpc) is 2.61. The number of carbonyl (C=O) groups excluding carboxylic acids is 1. The summed E-state index contributed by atoms with van der Waals surface area (Å²) in [5.41, 5.74) is -0.719. The van der Waals surface area contributed by atoms with Crippen molar-refractivity contribution in [1.29, 1.82) is 0 Å². The van der Waals surface area contributed by atoms with E-state index in [9.17, 15) is 4.79 Å². The predicted molar refractivity (Wildman–Crippen MR) is 81.3 cm³/mol. The summed E-state index contributed by atoms with van der Waals surface area (Å²) in [6.07, 6.45) is 3.40. The summed E-state index contributed by atoms with van der Waals surface area (Å²) in [5.74, 6) is 2.37. The Morgan fingerprint density at radius 1 is 1.15 bits per heavy atom. The molecule has 0 aromatic rings. The van der Waals surface area contributed by atoms with Gasteiger partial charge < -0.3 is 9.47 Å². The number of allylic oxidation sites excluding steroid dienone is 1. The van der Waals surface area contributed by atoms with Gasteiger partial charge in [0.05, 0.1) is 6.61 Å². The average molecular weight is 282 g/mol. The monoisotopic (exact) mass is 282 g/mol. The molecule has 1 unspecified atom stereocenters. The molecule has 3 nitrogen and oxygen atoms in total. The zero-order chi connectivity index (χ0) is 15.3. The van der Waals surface area contributed by atoms with Crippen molar-refractivity contribution in [2.75, 3.05) is 6.61 Å². The quantitative estimate of drug-likeness (QED) is 0.659. The maximum Gasteiger partial charge on any atom is 0.243 e. The Bertz CT molecular complexity index is 368. The smallest absolute Gasteiger partial charge is 0.243 e. The number of Topliss-reactive ketones (excluding diaryl/α,β-unsaturated/α-hetero) is 1. The van der Waals surface area contributed by atoms with Crippen molar-refractivity contribution in [3.8, 4) is 0 Å². The first-order valence-electron chi connectivity index (χ1n) is 7.90. The van der Waals surface area contributed by atoms with Gasteiger partial charge in [0.2, 0.25) is 11.5 Å². The molecule has 0 saturated carbocycles. The van der Waals surface area contributed by atoms with Crippen molar-refractivity contribution in [3.63, 3.8) is 0 Å². The third-order valence-corrected chi connectivity index (χ3v) is 3.75. The number of carbonyl (C=O) groups is 1. The van der Waals surface area contributed by atoms with E-state index in [1.807, 2.05) is 13.8 Å². The minimum absolute atomic E-state index is 0.0266. The fourth-order valence-corrected chi connectivity index (χ4v) is 2.24. The Labute approximate surface area is 123 Å². The van der Waals surface area contributed by atoms with E-state index in [1.165, 1.54) is 0 Å². The molecule has 116 valence electrons. The molecule has 0 radical (unpaired) electrons. The van der Waals surface area contributed by atoms with E-state index in [1.54, 1.807) is 0 Å². The molecular weight excluding hydrogens is 252 g/mol. The highest BCUT2D eigenvalue weighted by molar-refractivity contribution is 6.02. The Morgan fingerprint density at radius 2 is 1.75 bits per heavy atom. The molecule has 0 saturated heterocycles. The number of rotatable bonds is 8. The molecule has 0 amide bonds. The first-order valence-corrected chi connectivity index (χ1v) is 7.90. The largest absolute Gasteiger partial charge is 0.487 e. The van der Waals surface area contributed by atoms with Crippen molar-refractivity contribution in [3.05, 3.63) is 11.5 Å². The van der Waals surface area contributed by atoms with Gasteiger partial charge in [-0.1, -0.05) is 34.6 Å². The molecule has 1 heterocycles. The molecule has 20 heavy (non-hydrogen) atoms. The Kier molecular flexibility index (Phi) is 6.09. The molecule has 0 N–H and O–H groups in total. The molecule has 1 atom stereocenters. The third-order valence-electron chi connectivity index (χ3n) is 3.75. The normalized spacial score (nSPS) is 22.9. The van der Waals surface area contributed by atoms with Crippen LogP contribution < -0.4 is 0 Å². The van der Waals surface area contributed by atoms with E-state index < -0.39 is 5.60 Å². The number of ketones is 1. The van der Waals surface area contributed by atoms with Crippen molar-refractivity contribution in [1.82, 2.24) is 0 Å². The van der Waals surface area contributed by atoms with Crippen LogP contribution in [0.25, 0.3) is 0 Å². The van der Waals surface area contributed by atoms with E-state index >= 15 is 0 Å². The lowest BCUT2D eigenvalue weighted by molar-refractivity contribution is -0.132. The highest BCUT2D eigenvalue weighted by Gasteiger charge is 2.46. The fraction of sp³-hybridized carbons (Fsp3) is 0.824. The second kappa shape index (κ2) is 7.14. The topological polar surface area (TPSA) is 35.5 Å². The standard InChI is InChI=1S/C17H30O3/c1-7-14-15(19-11-9-13(4)5)16(18)17(6,20-14)10-8-12(2)3/h12-13H,7-11H2,1-6H3. The Balaban J connectivity index is 2.69. The number of hydrogen-bond donors (Lipinski definition) is 0. The fourth-order valence-electron chi connectivity index (χ4n) is 2.24. The maximum absolute atomic E-state index is 12.6. The predicted octanol–water partition coefficient (Wildman–Crippen LogP) is 4.46. The van der Waals surface area contributed by atoms with Gasteiger partial charge in [-0.15, -0.1) is 0 Å². The molecule has 1 rings (SSSR count). The maximum atomic E-state index is 12.6. The molecule has 0 bridgehead atoms. The van der Waals surface area contributed by atoms with Gasteiger partial charge in [-0.05, 0) is 38.0 Å². The van der Waals surface area contributed by atoms with Gasteiger partial charge in [-0.3, -0.25) is 4.79 Å². The van der Waals surface area contributed by atoms with E-state index in [2.05, 4.69) is 27.7 Å². The van der Waals surface area contributed by atoms with Gasteiger partial charge in [-0.25, -0.2) is 0 Å². The molecule has 0 spiro atoms. The lowest BCUT2D eigenvalue weighted by Crippen LogP contribution is -2.34. The van der Waals surface area contributed by atoms with Crippen LogP contribution in [0, 0.1) is 11.8 Å². The summed E-state index contributed by atoms with van der Waals surface area (Å²) in [5, 5.41) is 0. The Hall–Kier alpha value is -0.990. The summed E-state index contributed by atoms with van der Waals surface area (Å²) in [6, 6.07) is 0. The number of ether oxygens (including phenoxy) is 2. The zero-order valence-corrected chi connectivity index (χ0v) is 13.9. The van der Waals surface area contributed by atoms with Crippen LogP contribution in [0.15, 0.2) is 11.5 Å². The van der Waals surface area contributed by atoms with Crippen molar-refractivity contribution < 1.29 is 14.3 Å². The van der Waals surface area contributed by atoms with Crippen LogP contribution in [0.2, 0.25) is 0 Å². The molecule has 0 aromatic carbocycles. The summed E-state index contributed by atoms with van der Waals surface area (Å²) in [7, 11) is 0. The van der Waals surface area contributed by atoms with Crippen LogP contribution in [0.3, 0.4) is 0 Å². The molecule has 1 aliphatic heterocycles. The molecule has 1 aliphatic rings. The first-order chi connectivity index (χ1) is 9.30. The van der Waals surface area contributed by atoms with Crippen LogP contribution in [0.1, 0.15) is 67.2 Å². The number of hydrogen-bond acceptors (Lipinski definition) is 3. The Morgan fingerprint density at radius 3 is 2.25 bits per heavy atom. The van der Waals surface area contributed by atoms with Crippen molar-refractivity contribution in [2.24, 2.45) is 11.8 Å². The SMILES string of the molecule is CCC1=C(OCCC(C)C)C(=O)C(C)(CCC(C)C)O1. The van der Waals surface area contributed by atoms with Crippen LogP contribution in [-0.4, -0.2) is 18.0 Å². The van der Waals surface area contributed by atoms with Crippen LogP contribution >= 0.6 is 0 Å². The lowest BCUT2D eigenvalue weighted by atomic mass is 9.91. The van der Waals surface area contributed by atoms with Crippen molar-refractivity contribution in [2.45, 2.75) is 72.8 Å². The molecule has 3 heteroatoms. The highest BCUT2D eigenvalue weighted by atomic mass is 16.6. The molecule has 0 aromatic heterocycles. The van der Waals surface area contributed by atoms with E-state index in [-0.39, 0.29) is 5.78 Å². The van der Waals surface area contributed by atoms with Gasteiger partial charge in [-0.2, -0.15) is 0 Å².